The van der Waals surface area contributed by atoms with Gasteiger partial charge >= 0.3 is 6.03 Å². The van der Waals surface area contributed by atoms with Crippen molar-refractivity contribution in [2.24, 2.45) is 0 Å². The predicted octanol–water partition coefficient (Wildman–Crippen LogP) is 5.07. The minimum absolute atomic E-state index is 0.00655. The summed E-state index contributed by atoms with van der Waals surface area (Å²) in [6.07, 6.45) is 3.65. The van der Waals surface area contributed by atoms with Gasteiger partial charge in [-0.25, -0.2) is 14.1 Å². The van der Waals surface area contributed by atoms with E-state index < -0.39 is 24.4 Å². The Bertz CT molecular complexity index is 1490. The van der Waals surface area contributed by atoms with Crippen molar-refractivity contribution in [1.82, 2.24) is 10.2 Å². The van der Waals surface area contributed by atoms with Crippen LogP contribution >= 0.6 is 0 Å². The minimum atomic E-state index is -0.716. The number of anilines is 1. The molecular weight excluding hydrogens is 529 g/mol. The summed E-state index contributed by atoms with van der Waals surface area (Å²) in [5.41, 5.74) is 2.52. The molecule has 4 amide bonds. The Balaban J connectivity index is 1.54. The van der Waals surface area contributed by atoms with Gasteiger partial charge in [-0.15, -0.1) is 6.58 Å². The topological polar surface area (TPSA) is 106 Å². The van der Waals surface area contributed by atoms with Crippen LogP contribution in [-0.2, 0) is 22.6 Å². The van der Waals surface area contributed by atoms with E-state index in [1.807, 2.05) is 6.92 Å². The van der Waals surface area contributed by atoms with Crippen LogP contribution in [0.1, 0.15) is 23.6 Å². The molecule has 0 radical (unpaired) electrons. The number of hydrogen-bond acceptors (Lipinski definition) is 6. The molecule has 3 aromatic carbocycles. The van der Waals surface area contributed by atoms with Gasteiger partial charge < -0.3 is 24.8 Å². The van der Waals surface area contributed by atoms with E-state index in [4.69, 9.17) is 14.2 Å². The number of methoxy groups -OCH3 is 1. The highest BCUT2D eigenvalue weighted by Gasteiger charge is 2.35. The molecular formula is C31H30FN3O6. The maximum Gasteiger partial charge on any atom is 0.329 e. The zero-order valence-electron chi connectivity index (χ0n) is 22.7. The maximum atomic E-state index is 13.3. The second-order valence-corrected chi connectivity index (χ2v) is 8.98. The van der Waals surface area contributed by atoms with Gasteiger partial charge in [0.15, 0.2) is 11.5 Å². The molecule has 1 saturated heterocycles. The fourth-order valence-electron chi connectivity index (χ4n) is 4.20. The number of hydrogen-bond donors (Lipinski definition) is 2. The number of amides is 4. The summed E-state index contributed by atoms with van der Waals surface area (Å²) in [6.45, 7) is 5.70. The maximum absolute atomic E-state index is 13.3. The number of ether oxygens (including phenoxy) is 3. The molecule has 212 valence electrons. The van der Waals surface area contributed by atoms with Crippen molar-refractivity contribution < 1.29 is 33.0 Å². The highest BCUT2D eigenvalue weighted by molar-refractivity contribution is 6.16. The smallest absolute Gasteiger partial charge is 0.329 e. The SMILES string of the molecule is C=CCc1cc(/C=C2/NC(=O)N(CC(=O)Nc3ccccc3OC)C2=O)cc(OCC)c1OCc1ccc(F)cc1. The lowest BCUT2D eigenvalue weighted by molar-refractivity contribution is -0.127. The second kappa shape index (κ2) is 13.3. The molecule has 0 atom stereocenters. The molecule has 0 bridgehead atoms. The molecule has 41 heavy (non-hydrogen) atoms. The summed E-state index contributed by atoms with van der Waals surface area (Å²) in [5, 5.41) is 5.19. The van der Waals surface area contributed by atoms with Crippen LogP contribution in [-0.4, -0.2) is 43.0 Å². The van der Waals surface area contributed by atoms with Crippen LogP contribution in [0.3, 0.4) is 0 Å². The largest absolute Gasteiger partial charge is 0.495 e. The van der Waals surface area contributed by atoms with Crippen molar-refractivity contribution in [3.63, 3.8) is 0 Å². The second-order valence-electron chi connectivity index (χ2n) is 8.98. The van der Waals surface area contributed by atoms with Crippen molar-refractivity contribution in [2.45, 2.75) is 20.0 Å². The number of benzene rings is 3. The zero-order chi connectivity index (χ0) is 29.4. The van der Waals surface area contributed by atoms with Gasteiger partial charge in [-0.05, 0) is 66.9 Å². The van der Waals surface area contributed by atoms with Crippen LogP contribution in [0.2, 0.25) is 0 Å². The average Bonchev–Trinajstić information content (AvgIpc) is 3.21. The van der Waals surface area contributed by atoms with E-state index in [0.717, 1.165) is 16.0 Å². The molecule has 1 aliphatic rings. The Morgan fingerprint density at radius 3 is 2.54 bits per heavy atom. The molecule has 1 heterocycles. The van der Waals surface area contributed by atoms with Gasteiger partial charge in [0, 0.05) is 5.56 Å². The fourth-order valence-corrected chi connectivity index (χ4v) is 4.20. The molecule has 0 aliphatic carbocycles. The van der Waals surface area contributed by atoms with Gasteiger partial charge in [0.25, 0.3) is 5.91 Å². The molecule has 1 fully saturated rings. The number of carbonyl (C=O) groups is 3. The number of para-hydroxylation sites is 2. The van der Waals surface area contributed by atoms with Crippen LogP contribution in [0.25, 0.3) is 6.08 Å². The van der Waals surface area contributed by atoms with Crippen LogP contribution < -0.4 is 24.8 Å². The fraction of sp³-hybridized carbons (Fsp3) is 0.194. The number of nitrogens with zero attached hydrogens (tertiary/aromatic N) is 1. The first-order chi connectivity index (χ1) is 19.8. The lowest BCUT2D eigenvalue weighted by atomic mass is 10.0. The van der Waals surface area contributed by atoms with Gasteiger partial charge in [0.2, 0.25) is 5.91 Å². The standard InChI is InChI=1S/C31H30FN3O6/c1-4-8-22-15-21(17-27(40-5-2)29(22)41-19-20-11-13-23(32)14-12-20)16-25-30(37)35(31(38)34-25)18-28(36)33-24-9-6-7-10-26(24)39-3/h4,6-7,9-17H,1,5,8,18-19H2,2-3H3,(H,33,36)(H,34,38)/b25-16+. The van der Waals surface area contributed by atoms with E-state index >= 15 is 0 Å². The first-order valence-electron chi connectivity index (χ1n) is 12.9. The summed E-state index contributed by atoms with van der Waals surface area (Å²) in [7, 11) is 1.47. The van der Waals surface area contributed by atoms with Gasteiger partial charge in [-0.3, -0.25) is 9.59 Å². The number of carbonyl (C=O) groups excluding carboxylic acids is 3. The molecule has 0 unspecified atom stereocenters. The van der Waals surface area contributed by atoms with Crippen LogP contribution in [0.5, 0.6) is 17.2 Å². The Hall–Kier alpha value is -5.12. The normalized spacial score (nSPS) is 13.6. The van der Waals surface area contributed by atoms with Gasteiger partial charge in [-0.2, -0.15) is 0 Å². The minimum Gasteiger partial charge on any atom is -0.495 e. The summed E-state index contributed by atoms with van der Waals surface area (Å²) < 4.78 is 30.4. The van der Waals surface area contributed by atoms with Crippen molar-refractivity contribution in [3.05, 3.63) is 102 Å². The Kier molecular flexibility index (Phi) is 9.36. The summed E-state index contributed by atoms with van der Waals surface area (Å²) in [5.74, 6) is -0.166. The van der Waals surface area contributed by atoms with Gasteiger partial charge in [0.1, 0.15) is 30.4 Å². The summed E-state index contributed by atoms with van der Waals surface area (Å²) in [4.78, 5) is 39.1. The summed E-state index contributed by atoms with van der Waals surface area (Å²) in [6, 6.07) is 15.6. The lowest BCUT2D eigenvalue weighted by Crippen LogP contribution is -2.38. The molecule has 0 saturated carbocycles. The molecule has 10 heteroatoms. The van der Waals surface area contributed by atoms with E-state index in [2.05, 4.69) is 17.2 Å². The van der Waals surface area contributed by atoms with E-state index in [1.54, 1.807) is 54.6 Å². The highest BCUT2D eigenvalue weighted by atomic mass is 19.1. The number of halogens is 1. The van der Waals surface area contributed by atoms with E-state index in [0.29, 0.717) is 41.5 Å². The van der Waals surface area contributed by atoms with Crippen molar-refractivity contribution in [3.8, 4) is 17.2 Å². The Morgan fingerprint density at radius 1 is 1.07 bits per heavy atom. The average molecular weight is 560 g/mol. The zero-order valence-corrected chi connectivity index (χ0v) is 22.7. The number of imide groups is 1. The van der Waals surface area contributed by atoms with Crippen molar-refractivity contribution in [1.29, 1.82) is 0 Å². The molecule has 0 spiro atoms. The molecule has 4 rings (SSSR count). The molecule has 3 aromatic rings. The third-order valence-electron chi connectivity index (χ3n) is 6.07. The quantitative estimate of drug-likeness (QED) is 0.182. The van der Waals surface area contributed by atoms with Crippen LogP contribution in [0.4, 0.5) is 14.9 Å². The molecule has 9 nitrogen and oxygen atoms in total. The van der Waals surface area contributed by atoms with Gasteiger partial charge in [0.05, 0.1) is 19.4 Å². The van der Waals surface area contributed by atoms with Crippen LogP contribution in [0.15, 0.2) is 79.0 Å². The first-order valence-corrected chi connectivity index (χ1v) is 12.9. The van der Waals surface area contributed by atoms with Crippen molar-refractivity contribution >= 4 is 29.6 Å². The third-order valence-corrected chi connectivity index (χ3v) is 6.07. The lowest BCUT2D eigenvalue weighted by Gasteiger charge is -2.17. The van der Waals surface area contributed by atoms with E-state index in [9.17, 15) is 18.8 Å². The van der Waals surface area contributed by atoms with Crippen molar-refractivity contribution in [2.75, 3.05) is 25.6 Å². The first kappa shape index (κ1) is 28.9. The Morgan fingerprint density at radius 2 is 1.83 bits per heavy atom. The molecule has 1 aliphatic heterocycles. The number of allylic oxidation sites excluding steroid dienone is 1. The summed E-state index contributed by atoms with van der Waals surface area (Å²) >= 11 is 0. The molecule has 2 N–H and O–H groups in total. The Labute approximate surface area is 237 Å². The number of rotatable bonds is 12. The van der Waals surface area contributed by atoms with Gasteiger partial charge in [-0.1, -0.05) is 30.3 Å². The number of nitrogens with one attached hydrogen (secondary N) is 2. The van der Waals surface area contributed by atoms with Crippen LogP contribution in [0, 0.1) is 5.82 Å². The molecule has 0 aromatic heterocycles. The number of urea groups is 1. The third kappa shape index (κ3) is 7.10. The van der Waals surface area contributed by atoms with E-state index in [-0.39, 0.29) is 18.1 Å². The predicted molar refractivity (Wildman–Crippen MR) is 152 cm³/mol. The monoisotopic (exact) mass is 559 g/mol. The van der Waals surface area contributed by atoms with E-state index in [1.165, 1.54) is 25.3 Å². The highest BCUT2D eigenvalue weighted by Crippen LogP contribution is 2.35.